The lowest BCUT2D eigenvalue weighted by Gasteiger charge is -2.36. The zero-order valence-electron chi connectivity index (χ0n) is 11.3. The van der Waals surface area contributed by atoms with Gasteiger partial charge in [-0.25, -0.2) is 0 Å². The molecule has 0 bridgehead atoms. The van der Waals surface area contributed by atoms with Crippen LogP contribution in [0.2, 0.25) is 0 Å². The summed E-state index contributed by atoms with van der Waals surface area (Å²) in [4.78, 5) is 25.3. The predicted octanol–water partition coefficient (Wildman–Crippen LogP) is 0.756. The van der Waals surface area contributed by atoms with Gasteiger partial charge in [0.05, 0.1) is 11.5 Å². The molecule has 1 fully saturated rings. The highest BCUT2D eigenvalue weighted by molar-refractivity contribution is 5.73. The lowest BCUT2D eigenvalue weighted by atomic mass is 10.1. The Bertz CT molecular complexity index is 524. The highest BCUT2D eigenvalue weighted by Gasteiger charge is 2.21. The van der Waals surface area contributed by atoms with Gasteiger partial charge in [-0.05, 0) is 6.07 Å². The van der Waals surface area contributed by atoms with E-state index >= 15 is 0 Å². The van der Waals surface area contributed by atoms with Gasteiger partial charge in [-0.3, -0.25) is 14.9 Å². The van der Waals surface area contributed by atoms with Crippen molar-refractivity contribution in [2.45, 2.75) is 13.5 Å². The molecule has 20 heavy (non-hydrogen) atoms. The van der Waals surface area contributed by atoms with Gasteiger partial charge in [-0.15, -0.1) is 0 Å². The third-order valence-electron chi connectivity index (χ3n) is 3.51. The Morgan fingerprint density at radius 3 is 2.50 bits per heavy atom. The summed E-state index contributed by atoms with van der Waals surface area (Å²) in [5.41, 5.74) is 1.30. The summed E-state index contributed by atoms with van der Waals surface area (Å²) in [5, 5.41) is 20.1. The molecular weight excluding hydrogens is 262 g/mol. The van der Waals surface area contributed by atoms with Crippen molar-refractivity contribution in [3.8, 4) is 0 Å². The van der Waals surface area contributed by atoms with E-state index in [-0.39, 0.29) is 18.2 Å². The van der Waals surface area contributed by atoms with Crippen LogP contribution in [0.3, 0.4) is 0 Å². The van der Waals surface area contributed by atoms with Crippen LogP contribution in [0.25, 0.3) is 0 Å². The number of aliphatic hydroxyl groups excluding tert-OH is 1. The van der Waals surface area contributed by atoms with E-state index in [0.29, 0.717) is 31.7 Å². The number of carbonyl (C=O) groups is 1. The third kappa shape index (κ3) is 2.88. The van der Waals surface area contributed by atoms with Crippen LogP contribution in [0.4, 0.5) is 11.4 Å². The number of anilines is 1. The monoisotopic (exact) mass is 279 g/mol. The van der Waals surface area contributed by atoms with Crippen LogP contribution >= 0.6 is 0 Å². The van der Waals surface area contributed by atoms with Crippen LogP contribution in [0.1, 0.15) is 12.5 Å². The fourth-order valence-corrected chi connectivity index (χ4v) is 2.38. The summed E-state index contributed by atoms with van der Waals surface area (Å²) in [7, 11) is 0. The minimum absolute atomic E-state index is 0.0276. The van der Waals surface area contributed by atoms with E-state index in [2.05, 4.69) is 0 Å². The summed E-state index contributed by atoms with van der Waals surface area (Å²) in [5.74, 6) is 0.0516. The highest BCUT2D eigenvalue weighted by Crippen LogP contribution is 2.26. The van der Waals surface area contributed by atoms with Gasteiger partial charge in [0.1, 0.15) is 0 Å². The van der Waals surface area contributed by atoms with Gasteiger partial charge in [-0.2, -0.15) is 0 Å². The molecule has 1 aromatic carbocycles. The molecule has 2 rings (SSSR count). The fourth-order valence-electron chi connectivity index (χ4n) is 2.38. The summed E-state index contributed by atoms with van der Waals surface area (Å²) >= 11 is 0. The Labute approximate surface area is 116 Å². The first kappa shape index (κ1) is 14.3. The normalized spacial score (nSPS) is 15.3. The molecule has 0 spiro atoms. The quantitative estimate of drug-likeness (QED) is 0.652. The lowest BCUT2D eigenvalue weighted by molar-refractivity contribution is -0.384. The first-order valence-corrected chi connectivity index (χ1v) is 6.41. The van der Waals surface area contributed by atoms with Gasteiger partial charge in [0.2, 0.25) is 5.91 Å². The maximum Gasteiger partial charge on any atom is 0.269 e. The van der Waals surface area contributed by atoms with E-state index < -0.39 is 4.92 Å². The molecule has 0 aromatic heterocycles. The van der Waals surface area contributed by atoms with Crippen LogP contribution < -0.4 is 4.90 Å². The molecule has 1 N–H and O–H groups in total. The Morgan fingerprint density at radius 1 is 1.35 bits per heavy atom. The van der Waals surface area contributed by atoms with E-state index in [1.54, 1.807) is 17.9 Å². The second-order valence-electron chi connectivity index (χ2n) is 4.72. The minimum atomic E-state index is -0.476. The van der Waals surface area contributed by atoms with Crippen LogP contribution in [-0.4, -0.2) is 47.0 Å². The number of amides is 1. The summed E-state index contributed by atoms with van der Waals surface area (Å²) < 4.78 is 0. The molecule has 0 atom stereocenters. The highest BCUT2D eigenvalue weighted by atomic mass is 16.6. The number of nitro benzene ring substituents is 1. The number of aliphatic hydroxyl groups is 1. The number of non-ortho nitro benzene ring substituents is 1. The van der Waals surface area contributed by atoms with Gasteiger partial charge in [0.15, 0.2) is 0 Å². The van der Waals surface area contributed by atoms with E-state index in [9.17, 15) is 20.0 Å². The van der Waals surface area contributed by atoms with Gasteiger partial charge in [0, 0.05) is 56.5 Å². The Kier molecular flexibility index (Phi) is 4.19. The van der Waals surface area contributed by atoms with Crippen molar-refractivity contribution >= 4 is 17.3 Å². The Balaban J connectivity index is 2.17. The lowest BCUT2D eigenvalue weighted by Crippen LogP contribution is -2.48. The largest absolute Gasteiger partial charge is 0.392 e. The zero-order valence-corrected chi connectivity index (χ0v) is 11.3. The SMILES string of the molecule is CC(=O)N1CCN(c2ccc([N+](=O)[O-])cc2CO)CC1. The average Bonchev–Trinajstić information content (AvgIpc) is 2.46. The first-order valence-electron chi connectivity index (χ1n) is 6.41. The molecular formula is C13H17N3O4. The summed E-state index contributed by atoms with van der Waals surface area (Å²) in [6, 6.07) is 4.49. The van der Waals surface area contributed by atoms with Crippen molar-refractivity contribution in [3.63, 3.8) is 0 Å². The molecule has 108 valence electrons. The number of nitrogens with zero attached hydrogens (tertiary/aromatic N) is 3. The topological polar surface area (TPSA) is 86.9 Å². The third-order valence-corrected chi connectivity index (χ3v) is 3.51. The van der Waals surface area contributed by atoms with Crippen molar-refractivity contribution < 1.29 is 14.8 Å². The molecule has 0 unspecified atom stereocenters. The molecule has 1 amide bonds. The number of carbonyl (C=O) groups excluding carboxylic acids is 1. The molecule has 7 nitrogen and oxygen atoms in total. The summed E-state index contributed by atoms with van der Waals surface area (Å²) in [6.45, 7) is 3.85. The number of piperazine rings is 1. The molecule has 0 radical (unpaired) electrons. The molecule has 1 saturated heterocycles. The average molecular weight is 279 g/mol. The van der Waals surface area contributed by atoms with Crippen LogP contribution in [0, 0.1) is 10.1 Å². The second kappa shape index (κ2) is 5.87. The zero-order chi connectivity index (χ0) is 14.7. The maximum absolute atomic E-state index is 11.3. The van der Waals surface area contributed by atoms with Crippen LogP contribution in [0.15, 0.2) is 18.2 Å². The van der Waals surface area contributed by atoms with Crippen LogP contribution in [-0.2, 0) is 11.4 Å². The number of benzene rings is 1. The molecule has 1 aromatic rings. The van der Waals surface area contributed by atoms with Gasteiger partial charge >= 0.3 is 0 Å². The Morgan fingerprint density at radius 2 is 2.00 bits per heavy atom. The van der Waals surface area contributed by atoms with Crippen molar-refractivity contribution in [1.82, 2.24) is 4.90 Å². The molecule has 1 heterocycles. The van der Waals surface area contributed by atoms with Gasteiger partial charge in [0.25, 0.3) is 5.69 Å². The second-order valence-corrected chi connectivity index (χ2v) is 4.72. The van der Waals surface area contributed by atoms with Crippen molar-refractivity contribution in [2.75, 3.05) is 31.1 Å². The number of hydrogen-bond donors (Lipinski definition) is 1. The molecule has 7 heteroatoms. The number of rotatable bonds is 3. The fraction of sp³-hybridized carbons (Fsp3) is 0.462. The predicted molar refractivity (Wildman–Crippen MR) is 73.5 cm³/mol. The van der Waals surface area contributed by atoms with E-state index in [0.717, 1.165) is 5.69 Å². The van der Waals surface area contributed by atoms with E-state index in [4.69, 9.17) is 0 Å². The summed E-state index contributed by atoms with van der Waals surface area (Å²) in [6.07, 6.45) is 0. The standard InChI is InChI=1S/C13H17N3O4/c1-10(18)14-4-6-15(7-5-14)13-3-2-12(16(19)20)8-11(13)9-17/h2-3,8,17H,4-7,9H2,1H3. The number of hydrogen-bond acceptors (Lipinski definition) is 5. The van der Waals surface area contributed by atoms with E-state index in [1.807, 2.05) is 4.90 Å². The molecule has 1 aliphatic rings. The van der Waals surface area contributed by atoms with Crippen molar-refractivity contribution in [3.05, 3.63) is 33.9 Å². The Hall–Kier alpha value is -2.15. The van der Waals surface area contributed by atoms with E-state index in [1.165, 1.54) is 12.1 Å². The molecule has 0 aliphatic carbocycles. The maximum atomic E-state index is 11.3. The molecule has 0 saturated carbocycles. The smallest absolute Gasteiger partial charge is 0.269 e. The van der Waals surface area contributed by atoms with Crippen molar-refractivity contribution in [1.29, 1.82) is 0 Å². The van der Waals surface area contributed by atoms with Crippen molar-refractivity contribution in [2.24, 2.45) is 0 Å². The first-order chi connectivity index (χ1) is 9.52. The molecule has 1 aliphatic heterocycles. The number of nitro groups is 1. The minimum Gasteiger partial charge on any atom is -0.392 e. The van der Waals surface area contributed by atoms with Crippen LogP contribution in [0.5, 0.6) is 0 Å². The van der Waals surface area contributed by atoms with Gasteiger partial charge < -0.3 is 14.9 Å². The van der Waals surface area contributed by atoms with Gasteiger partial charge in [-0.1, -0.05) is 0 Å².